The molecule has 0 amide bonds. The maximum absolute atomic E-state index is 12.8. The van der Waals surface area contributed by atoms with Gasteiger partial charge in [-0.05, 0) is 77.0 Å². The molecule has 0 aromatic carbocycles. The highest BCUT2D eigenvalue weighted by atomic mass is 16.7. The van der Waals surface area contributed by atoms with Crippen molar-refractivity contribution in [3.8, 4) is 0 Å². The summed E-state index contributed by atoms with van der Waals surface area (Å²) in [6, 6.07) is 0. The fraction of sp³-hybridized carbons (Fsp3) is 0.803. The quantitative estimate of drug-likeness (QED) is 0.0211. The zero-order valence-corrected chi connectivity index (χ0v) is 49.7. The highest BCUT2D eigenvalue weighted by molar-refractivity contribution is 5.71. The molecule has 2 atom stereocenters. The molecule has 0 saturated heterocycles. The minimum atomic E-state index is -1.52. The van der Waals surface area contributed by atoms with Crippen molar-refractivity contribution in [2.24, 2.45) is 0 Å². The number of allylic oxidation sites excluding steroid dienone is 10. The van der Waals surface area contributed by atoms with E-state index in [1.165, 1.54) is 193 Å². The number of ether oxygens (including phenoxy) is 4. The Morgan fingerprint density at radius 3 is 1.17 bits per heavy atom. The van der Waals surface area contributed by atoms with Gasteiger partial charge in [0.25, 0.3) is 6.29 Å². The summed E-state index contributed by atoms with van der Waals surface area (Å²) < 4.78 is 22.8. The van der Waals surface area contributed by atoms with E-state index in [2.05, 4.69) is 74.6 Å². The van der Waals surface area contributed by atoms with E-state index in [1.807, 2.05) is 21.1 Å². The van der Waals surface area contributed by atoms with Gasteiger partial charge in [-0.1, -0.05) is 254 Å². The highest BCUT2D eigenvalue weighted by Gasteiger charge is 2.25. The first-order chi connectivity index (χ1) is 36.6. The Hall–Kier alpha value is -3.01. The summed E-state index contributed by atoms with van der Waals surface area (Å²) in [4.78, 5) is 37.4. The van der Waals surface area contributed by atoms with E-state index in [9.17, 15) is 19.5 Å². The molecule has 0 aromatic rings. The van der Waals surface area contributed by atoms with E-state index in [0.29, 0.717) is 23.9 Å². The number of aliphatic carboxylic acids is 1. The molecule has 0 aliphatic rings. The summed E-state index contributed by atoms with van der Waals surface area (Å²) in [6.45, 7) is 4.73. The molecule has 0 fully saturated rings. The second-order valence-electron chi connectivity index (χ2n) is 22.3. The second kappa shape index (κ2) is 57.2. The lowest BCUT2D eigenvalue weighted by Gasteiger charge is -2.25. The largest absolute Gasteiger partial charge is 0.477 e. The van der Waals surface area contributed by atoms with Crippen molar-refractivity contribution in [2.75, 3.05) is 47.5 Å². The maximum Gasteiger partial charge on any atom is 0.361 e. The predicted molar refractivity (Wildman–Crippen MR) is 318 cm³/mol. The summed E-state index contributed by atoms with van der Waals surface area (Å²) in [5.41, 5.74) is 0. The SMILES string of the molecule is CC/C=C\C/C=C\C/C=C\C/C=C\CCCCC(=O)OC(COC(=O)CCCCCCCCCCCCCCCCCCCCCCCCC/C=C\CCCCCCCCCC)COC(OCC[N+](C)(C)C)C(=O)O. The number of carbonyl (C=O) groups is 3. The Morgan fingerprint density at radius 2 is 0.760 bits per heavy atom. The Balaban J connectivity index is 4.02. The van der Waals surface area contributed by atoms with Crippen molar-refractivity contribution in [1.82, 2.24) is 0 Å². The van der Waals surface area contributed by atoms with Crippen molar-refractivity contribution < 1.29 is 42.9 Å². The molecule has 75 heavy (non-hydrogen) atoms. The molecule has 0 radical (unpaired) electrons. The maximum atomic E-state index is 12.8. The lowest BCUT2D eigenvalue weighted by molar-refractivity contribution is -0.870. The third kappa shape index (κ3) is 58.5. The topological polar surface area (TPSA) is 108 Å². The van der Waals surface area contributed by atoms with E-state index in [4.69, 9.17) is 18.9 Å². The molecule has 9 nitrogen and oxygen atoms in total. The van der Waals surface area contributed by atoms with Crippen molar-refractivity contribution in [2.45, 2.75) is 296 Å². The number of carboxylic acids is 1. The second-order valence-corrected chi connectivity index (χ2v) is 22.3. The minimum Gasteiger partial charge on any atom is -0.477 e. The number of nitrogens with zero attached hydrogens (tertiary/aromatic N) is 1. The summed E-state index contributed by atoms with van der Waals surface area (Å²) in [6.07, 6.45) is 70.7. The van der Waals surface area contributed by atoms with Gasteiger partial charge in [0.1, 0.15) is 13.2 Å². The van der Waals surface area contributed by atoms with Crippen LogP contribution in [0.1, 0.15) is 284 Å². The average Bonchev–Trinajstić information content (AvgIpc) is 3.38. The fourth-order valence-electron chi connectivity index (χ4n) is 8.94. The molecular formula is C66H120NO8+. The Bertz CT molecular complexity index is 1410. The van der Waals surface area contributed by atoms with Gasteiger partial charge in [-0.15, -0.1) is 0 Å². The lowest BCUT2D eigenvalue weighted by Crippen LogP contribution is -2.40. The first-order valence-electron chi connectivity index (χ1n) is 31.5. The van der Waals surface area contributed by atoms with Crippen molar-refractivity contribution in [3.63, 3.8) is 0 Å². The number of carboxylic acid groups (broad SMARTS) is 1. The molecule has 1 N–H and O–H groups in total. The van der Waals surface area contributed by atoms with Crippen LogP contribution in [0.3, 0.4) is 0 Å². The van der Waals surface area contributed by atoms with Crippen LogP contribution >= 0.6 is 0 Å². The van der Waals surface area contributed by atoms with Gasteiger partial charge in [0.05, 0.1) is 34.4 Å². The number of unbranched alkanes of at least 4 members (excludes halogenated alkanes) is 33. The van der Waals surface area contributed by atoms with Gasteiger partial charge in [0.2, 0.25) is 0 Å². The standard InChI is InChI=1S/C66H119NO8/c1-6-8-10-12-14-16-18-20-22-23-24-25-26-27-28-29-30-31-32-33-34-35-36-37-38-39-40-41-43-44-46-48-50-52-54-56-63(68)73-60-62(61-74-66(65(70)71)72-59-58-67(3,4)5)75-64(69)57-55-53-51-49-47-45-42-21-19-17-15-13-11-9-7-2/h9,11,15,17,21,23-24,42,47,49,62,66H,6-8,10,12-14,16,18-20,22,25-41,43-46,48,50-61H2,1-5H3/p+1/b11-9-,17-15-,24-23-,42-21-,49-47-. The third-order valence-electron chi connectivity index (χ3n) is 13.8. The van der Waals surface area contributed by atoms with Crippen LogP contribution in [-0.4, -0.2) is 87.4 Å². The molecule has 0 aliphatic carbocycles. The molecule has 0 heterocycles. The van der Waals surface area contributed by atoms with E-state index < -0.39 is 24.3 Å². The monoisotopic (exact) mass is 1050 g/mol. The molecule has 0 spiro atoms. The zero-order valence-electron chi connectivity index (χ0n) is 49.7. The van der Waals surface area contributed by atoms with Crippen molar-refractivity contribution >= 4 is 17.9 Å². The number of likely N-dealkylation sites (N-methyl/N-ethyl adjacent to an activating group) is 1. The van der Waals surface area contributed by atoms with Crippen LogP contribution in [0, 0.1) is 0 Å². The van der Waals surface area contributed by atoms with Gasteiger partial charge < -0.3 is 28.5 Å². The number of esters is 2. The molecule has 0 bridgehead atoms. The van der Waals surface area contributed by atoms with Crippen molar-refractivity contribution in [3.05, 3.63) is 60.8 Å². The summed E-state index contributed by atoms with van der Waals surface area (Å²) >= 11 is 0. The van der Waals surface area contributed by atoms with Crippen LogP contribution in [0.5, 0.6) is 0 Å². The van der Waals surface area contributed by atoms with Gasteiger partial charge in [0.15, 0.2) is 6.10 Å². The lowest BCUT2D eigenvalue weighted by atomic mass is 10.0. The van der Waals surface area contributed by atoms with Crippen LogP contribution < -0.4 is 0 Å². The van der Waals surface area contributed by atoms with Crippen LogP contribution in [0.15, 0.2) is 60.8 Å². The zero-order chi connectivity index (χ0) is 54.8. The van der Waals surface area contributed by atoms with Crippen LogP contribution in [-0.2, 0) is 33.3 Å². The number of carbonyl (C=O) groups excluding carboxylic acids is 2. The van der Waals surface area contributed by atoms with E-state index in [1.54, 1.807) is 0 Å². The first kappa shape index (κ1) is 72.0. The highest BCUT2D eigenvalue weighted by Crippen LogP contribution is 2.17. The summed E-state index contributed by atoms with van der Waals surface area (Å²) in [5.74, 6) is -2.05. The summed E-state index contributed by atoms with van der Waals surface area (Å²) in [5, 5.41) is 9.69. The smallest absolute Gasteiger partial charge is 0.361 e. The van der Waals surface area contributed by atoms with Gasteiger partial charge in [0, 0.05) is 12.8 Å². The fourth-order valence-corrected chi connectivity index (χ4v) is 8.94. The van der Waals surface area contributed by atoms with Gasteiger partial charge in [-0.2, -0.15) is 0 Å². The predicted octanol–water partition coefficient (Wildman–Crippen LogP) is 18.8. The number of hydrogen-bond acceptors (Lipinski definition) is 7. The molecule has 9 heteroatoms. The van der Waals surface area contributed by atoms with E-state index >= 15 is 0 Å². The molecular weight excluding hydrogens is 935 g/mol. The molecule has 0 aromatic heterocycles. The van der Waals surface area contributed by atoms with Crippen LogP contribution in [0.25, 0.3) is 0 Å². The first-order valence-corrected chi connectivity index (χ1v) is 31.5. The number of quaternary nitrogens is 1. The molecule has 436 valence electrons. The van der Waals surface area contributed by atoms with Crippen LogP contribution in [0.4, 0.5) is 0 Å². The van der Waals surface area contributed by atoms with Crippen molar-refractivity contribution in [1.29, 1.82) is 0 Å². The molecule has 0 aliphatic heterocycles. The molecule has 0 saturated carbocycles. The average molecular weight is 1060 g/mol. The Morgan fingerprint density at radius 1 is 0.413 bits per heavy atom. The van der Waals surface area contributed by atoms with Crippen LogP contribution in [0.2, 0.25) is 0 Å². The van der Waals surface area contributed by atoms with Gasteiger partial charge in [-0.25, -0.2) is 4.79 Å². The van der Waals surface area contributed by atoms with E-state index in [-0.39, 0.29) is 32.2 Å². The normalized spacial score (nSPS) is 13.1. The number of rotatable bonds is 58. The Kier molecular flexibility index (Phi) is 54.9. The minimum absolute atomic E-state index is 0.179. The van der Waals surface area contributed by atoms with Gasteiger partial charge in [-0.3, -0.25) is 9.59 Å². The number of hydrogen-bond donors (Lipinski definition) is 1. The van der Waals surface area contributed by atoms with Gasteiger partial charge >= 0.3 is 17.9 Å². The molecule has 2 unspecified atom stereocenters. The van der Waals surface area contributed by atoms with E-state index in [0.717, 1.165) is 57.8 Å². The third-order valence-corrected chi connectivity index (χ3v) is 13.8. The molecule has 0 rings (SSSR count). The Labute approximate surface area is 463 Å². The summed E-state index contributed by atoms with van der Waals surface area (Å²) in [7, 11) is 5.95.